The quantitative estimate of drug-likeness (QED) is 0.871. The van der Waals surface area contributed by atoms with Crippen LogP contribution in [0.15, 0.2) is 36.5 Å². The van der Waals surface area contributed by atoms with E-state index in [9.17, 15) is 14.0 Å². The number of carbonyl (C=O) groups is 2. The Kier molecular flexibility index (Phi) is 4.55. The number of benzene rings is 1. The van der Waals surface area contributed by atoms with E-state index < -0.39 is 17.9 Å². The van der Waals surface area contributed by atoms with Gasteiger partial charge in [-0.3, -0.25) is 9.59 Å². The molecule has 2 rings (SSSR count). The Hall–Kier alpha value is -2.70. The Bertz CT molecular complexity index is 679. The molecule has 1 atom stereocenters. The van der Waals surface area contributed by atoms with Gasteiger partial charge in [-0.15, -0.1) is 0 Å². The first-order chi connectivity index (χ1) is 10.4. The zero-order valence-electron chi connectivity index (χ0n) is 12.3. The van der Waals surface area contributed by atoms with Crippen LogP contribution in [-0.2, 0) is 4.79 Å². The molecular weight excluding hydrogens is 287 g/mol. The molecule has 3 N–H and O–H groups in total. The van der Waals surface area contributed by atoms with Crippen molar-refractivity contribution >= 4 is 11.8 Å². The first-order valence-corrected chi connectivity index (χ1v) is 6.80. The molecule has 0 saturated carbocycles. The number of carbonyl (C=O) groups excluding carboxylic acids is 2. The Morgan fingerprint density at radius 1 is 1.23 bits per heavy atom. The highest BCUT2D eigenvalue weighted by molar-refractivity contribution is 5.95. The number of aromatic nitrogens is 2. The van der Waals surface area contributed by atoms with Crippen molar-refractivity contribution in [1.82, 2.24) is 15.1 Å². The van der Waals surface area contributed by atoms with Gasteiger partial charge >= 0.3 is 0 Å². The van der Waals surface area contributed by atoms with Crippen molar-refractivity contribution in [1.29, 1.82) is 0 Å². The lowest BCUT2D eigenvalue weighted by molar-refractivity contribution is -0.120. The highest BCUT2D eigenvalue weighted by Gasteiger charge is 2.23. The van der Waals surface area contributed by atoms with E-state index in [0.29, 0.717) is 5.69 Å². The van der Waals surface area contributed by atoms with Crippen molar-refractivity contribution in [3.05, 3.63) is 48.0 Å². The van der Waals surface area contributed by atoms with Gasteiger partial charge < -0.3 is 11.1 Å². The van der Waals surface area contributed by atoms with Crippen molar-refractivity contribution in [3.8, 4) is 5.69 Å². The van der Waals surface area contributed by atoms with Gasteiger partial charge in [0.15, 0.2) is 5.69 Å². The van der Waals surface area contributed by atoms with E-state index in [0.717, 1.165) is 0 Å². The maximum absolute atomic E-state index is 12.9. The first-order valence-electron chi connectivity index (χ1n) is 6.80. The number of hydrogen-bond acceptors (Lipinski definition) is 3. The molecule has 1 unspecified atom stereocenters. The Morgan fingerprint density at radius 2 is 1.86 bits per heavy atom. The van der Waals surface area contributed by atoms with Gasteiger partial charge in [-0.2, -0.15) is 5.10 Å². The van der Waals surface area contributed by atoms with Gasteiger partial charge in [-0.1, -0.05) is 13.8 Å². The summed E-state index contributed by atoms with van der Waals surface area (Å²) in [7, 11) is 0. The summed E-state index contributed by atoms with van der Waals surface area (Å²) in [5.74, 6) is -1.56. The second-order valence-electron chi connectivity index (χ2n) is 5.22. The van der Waals surface area contributed by atoms with Crippen LogP contribution in [0.5, 0.6) is 0 Å². The minimum Gasteiger partial charge on any atom is -0.368 e. The van der Waals surface area contributed by atoms with Crippen molar-refractivity contribution in [2.45, 2.75) is 19.9 Å². The maximum atomic E-state index is 12.9. The predicted octanol–water partition coefficient (Wildman–Crippen LogP) is 1.25. The SMILES string of the molecule is CC(C)C(NC(=O)c1ccn(-c2ccc(F)cc2)n1)C(N)=O. The van der Waals surface area contributed by atoms with E-state index in [1.807, 2.05) is 0 Å². The zero-order chi connectivity index (χ0) is 16.3. The number of halogens is 1. The molecular formula is C15H17FN4O2. The molecule has 22 heavy (non-hydrogen) atoms. The molecule has 0 saturated heterocycles. The summed E-state index contributed by atoms with van der Waals surface area (Å²) in [6.07, 6.45) is 1.58. The third-order valence-corrected chi connectivity index (χ3v) is 3.17. The van der Waals surface area contributed by atoms with Crippen LogP contribution in [0, 0.1) is 11.7 Å². The minimum absolute atomic E-state index is 0.124. The van der Waals surface area contributed by atoms with Crippen molar-refractivity contribution in [3.63, 3.8) is 0 Å². The average Bonchev–Trinajstić information content (AvgIpc) is 2.94. The van der Waals surface area contributed by atoms with Gasteiger partial charge in [-0.25, -0.2) is 9.07 Å². The fourth-order valence-corrected chi connectivity index (χ4v) is 1.96. The summed E-state index contributed by atoms with van der Waals surface area (Å²) in [6.45, 7) is 3.57. The molecule has 2 aromatic rings. The van der Waals surface area contributed by atoms with Crippen LogP contribution < -0.4 is 11.1 Å². The minimum atomic E-state index is -0.761. The predicted molar refractivity (Wildman–Crippen MR) is 78.8 cm³/mol. The Labute approximate surface area is 127 Å². The number of nitrogens with one attached hydrogen (secondary N) is 1. The highest BCUT2D eigenvalue weighted by Crippen LogP contribution is 2.09. The van der Waals surface area contributed by atoms with Gasteiger partial charge in [0, 0.05) is 6.20 Å². The summed E-state index contributed by atoms with van der Waals surface area (Å²) in [5.41, 5.74) is 6.03. The number of primary amides is 1. The molecule has 0 fully saturated rings. The van der Waals surface area contributed by atoms with Gasteiger partial charge in [0.2, 0.25) is 5.91 Å². The lowest BCUT2D eigenvalue weighted by Gasteiger charge is -2.18. The monoisotopic (exact) mass is 304 g/mol. The van der Waals surface area contributed by atoms with Crippen LogP contribution in [0.2, 0.25) is 0 Å². The second-order valence-corrected chi connectivity index (χ2v) is 5.22. The lowest BCUT2D eigenvalue weighted by atomic mass is 10.0. The highest BCUT2D eigenvalue weighted by atomic mass is 19.1. The number of hydrogen-bond donors (Lipinski definition) is 2. The summed E-state index contributed by atoms with van der Waals surface area (Å²) in [5, 5.41) is 6.67. The molecule has 7 heteroatoms. The molecule has 0 aliphatic heterocycles. The second kappa shape index (κ2) is 6.38. The Balaban J connectivity index is 2.15. The fourth-order valence-electron chi connectivity index (χ4n) is 1.96. The molecule has 2 amide bonds. The Morgan fingerprint density at radius 3 is 2.41 bits per heavy atom. The molecule has 116 valence electrons. The van der Waals surface area contributed by atoms with E-state index in [-0.39, 0.29) is 17.4 Å². The molecule has 0 aliphatic rings. The van der Waals surface area contributed by atoms with Crippen molar-refractivity contribution in [2.24, 2.45) is 11.7 Å². The van der Waals surface area contributed by atoms with E-state index in [1.165, 1.54) is 22.9 Å². The topological polar surface area (TPSA) is 90.0 Å². The number of rotatable bonds is 5. The zero-order valence-corrected chi connectivity index (χ0v) is 12.3. The van der Waals surface area contributed by atoms with E-state index in [2.05, 4.69) is 10.4 Å². The standard InChI is InChI=1S/C15H17FN4O2/c1-9(2)13(14(17)21)18-15(22)12-7-8-20(19-12)11-5-3-10(16)4-6-11/h3-9,13H,1-2H3,(H2,17,21)(H,18,22). The van der Waals surface area contributed by atoms with Crippen LogP contribution in [0.3, 0.4) is 0 Å². The molecule has 1 heterocycles. The van der Waals surface area contributed by atoms with Crippen molar-refractivity contribution in [2.75, 3.05) is 0 Å². The normalized spacial score (nSPS) is 12.2. The molecule has 0 radical (unpaired) electrons. The van der Waals surface area contributed by atoms with Crippen LogP contribution in [0.4, 0.5) is 4.39 Å². The first kappa shape index (κ1) is 15.7. The molecule has 0 aliphatic carbocycles. The van der Waals surface area contributed by atoms with Gasteiger partial charge in [0.25, 0.3) is 5.91 Å². The molecule has 0 spiro atoms. The summed E-state index contributed by atoms with van der Waals surface area (Å²) in [4.78, 5) is 23.4. The molecule has 6 nitrogen and oxygen atoms in total. The van der Waals surface area contributed by atoms with E-state index in [1.54, 1.807) is 32.2 Å². The number of nitrogens with two attached hydrogens (primary N) is 1. The number of amides is 2. The van der Waals surface area contributed by atoms with Crippen LogP contribution in [0.25, 0.3) is 5.69 Å². The largest absolute Gasteiger partial charge is 0.368 e. The van der Waals surface area contributed by atoms with Gasteiger partial charge in [-0.05, 0) is 36.2 Å². The maximum Gasteiger partial charge on any atom is 0.272 e. The van der Waals surface area contributed by atoms with Gasteiger partial charge in [0.05, 0.1) is 5.69 Å². The summed E-state index contributed by atoms with van der Waals surface area (Å²) < 4.78 is 14.3. The number of nitrogens with zero attached hydrogens (tertiary/aromatic N) is 2. The van der Waals surface area contributed by atoms with E-state index in [4.69, 9.17) is 5.73 Å². The third-order valence-electron chi connectivity index (χ3n) is 3.17. The summed E-state index contributed by atoms with van der Waals surface area (Å²) >= 11 is 0. The molecule has 1 aromatic carbocycles. The van der Waals surface area contributed by atoms with Gasteiger partial charge in [0.1, 0.15) is 11.9 Å². The van der Waals surface area contributed by atoms with Crippen molar-refractivity contribution < 1.29 is 14.0 Å². The third kappa shape index (κ3) is 3.49. The van der Waals surface area contributed by atoms with Crippen LogP contribution in [-0.4, -0.2) is 27.6 Å². The van der Waals surface area contributed by atoms with Crippen LogP contribution in [0.1, 0.15) is 24.3 Å². The fraction of sp³-hybridized carbons (Fsp3) is 0.267. The molecule has 0 bridgehead atoms. The summed E-state index contributed by atoms with van der Waals surface area (Å²) in [6, 6.07) is 6.45. The van der Waals surface area contributed by atoms with Crippen LogP contribution >= 0.6 is 0 Å². The average molecular weight is 304 g/mol. The molecule has 1 aromatic heterocycles. The lowest BCUT2D eigenvalue weighted by Crippen LogP contribution is -2.47. The smallest absolute Gasteiger partial charge is 0.272 e. The van der Waals surface area contributed by atoms with E-state index >= 15 is 0 Å².